The first-order valence-electron chi connectivity index (χ1n) is 5.81. The molecule has 0 spiro atoms. The Kier molecular flexibility index (Phi) is 4.03. The third-order valence-corrected chi connectivity index (χ3v) is 2.44. The van der Waals surface area contributed by atoms with Crippen molar-refractivity contribution in [3.05, 3.63) is 65.7 Å². The molecule has 3 nitrogen and oxygen atoms in total. The molecule has 1 heterocycles. The largest absolute Gasteiger partial charge is 0.322 e. The number of pyridine rings is 1. The smallest absolute Gasteiger partial charge is 0.248 e. The van der Waals surface area contributed by atoms with Crippen molar-refractivity contribution in [1.82, 2.24) is 4.98 Å². The Morgan fingerprint density at radius 3 is 2.89 bits per heavy atom. The minimum Gasteiger partial charge on any atom is -0.322 e. The van der Waals surface area contributed by atoms with Gasteiger partial charge in [0.15, 0.2) is 0 Å². The summed E-state index contributed by atoms with van der Waals surface area (Å²) in [4.78, 5) is 15.7. The van der Waals surface area contributed by atoms with E-state index in [1.54, 1.807) is 36.5 Å². The van der Waals surface area contributed by atoms with E-state index < -0.39 is 0 Å². The maximum absolute atomic E-state index is 12.9. The molecule has 0 aliphatic heterocycles. The molecule has 2 rings (SSSR count). The molecule has 0 aliphatic carbocycles. The van der Waals surface area contributed by atoms with Gasteiger partial charge in [0.05, 0.1) is 0 Å². The van der Waals surface area contributed by atoms with Crippen LogP contribution >= 0.6 is 0 Å². The number of benzene rings is 1. The van der Waals surface area contributed by atoms with Crippen molar-refractivity contribution in [2.45, 2.75) is 6.92 Å². The summed E-state index contributed by atoms with van der Waals surface area (Å²) >= 11 is 0. The molecule has 0 bridgehead atoms. The molecule has 1 N–H and O–H groups in total. The standard InChI is InChI=1S/C15H13FN2O/c1-11-9-14(7-8-17-11)18-15(19)6-5-12-3-2-4-13(16)10-12/h2-10H,1H3,(H,17,18,19)/b6-5+. The molecule has 4 heteroatoms. The van der Waals surface area contributed by atoms with E-state index in [0.717, 1.165) is 5.69 Å². The summed E-state index contributed by atoms with van der Waals surface area (Å²) < 4.78 is 12.9. The van der Waals surface area contributed by atoms with Gasteiger partial charge in [0, 0.05) is 23.7 Å². The van der Waals surface area contributed by atoms with Gasteiger partial charge in [-0.15, -0.1) is 0 Å². The van der Waals surface area contributed by atoms with Gasteiger partial charge in [-0.1, -0.05) is 12.1 Å². The zero-order chi connectivity index (χ0) is 13.7. The molecule has 0 unspecified atom stereocenters. The Labute approximate surface area is 110 Å². The summed E-state index contributed by atoms with van der Waals surface area (Å²) in [6, 6.07) is 9.52. The van der Waals surface area contributed by atoms with Crippen LogP contribution in [0.4, 0.5) is 10.1 Å². The van der Waals surface area contributed by atoms with Crippen LogP contribution in [0.2, 0.25) is 0 Å². The molecule has 19 heavy (non-hydrogen) atoms. The molecule has 1 amide bonds. The van der Waals surface area contributed by atoms with E-state index in [4.69, 9.17) is 0 Å². The van der Waals surface area contributed by atoms with Gasteiger partial charge in [-0.2, -0.15) is 0 Å². The number of nitrogens with zero attached hydrogens (tertiary/aromatic N) is 1. The molecule has 0 atom stereocenters. The third kappa shape index (κ3) is 4.03. The predicted octanol–water partition coefficient (Wildman–Crippen LogP) is 3.18. The van der Waals surface area contributed by atoms with Gasteiger partial charge in [-0.25, -0.2) is 4.39 Å². The van der Waals surface area contributed by atoms with Crippen LogP contribution in [0, 0.1) is 12.7 Å². The molecule has 0 saturated heterocycles. The lowest BCUT2D eigenvalue weighted by Gasteiger charge is -2.02. The van der Waals surface area contributed by atoms with Gasteiger partial charge in [-0.3, -0.25) is 9.78 Å². The van der Waals surface area contributed by atoms with E-state index in [1.165, 1.54) is 18.2 Å². The fraction of sp³-hybridized carbons (Fsp3) is 0.0667. The molecular formula is C15H13FN2O. The SMILES string of the molecule is Cc1cc(NC(=O)/C=C/c2cccc(F)c2)ccn1. The highest BCUT2D eigenvalue weighted by Gasteiger charge is 1.98. The first kappa shape index (κ1) is 13.0. The normalized spacial score (nSPS) is 10.6. The maximum atomic E-state index is 12.9. The van der Waals surface area contributed by atoms with Gasteiger partial charge in [0.25, 0.3) is 0 Å². The Morgan fingerprint density at radius 1 is 1.32 bits per heavy atom. The highest BCUT2D eigenvalue weighted by molar-refractivity contribution is 6.01. The van der Waals surface area contributed by atoms with Crippen molar-refractivity contribution >= 4 is 17.7 Å². The van der Waals surface area contributed by atoms with Crippen LogP contribution in [0.1, 0.15) is 11.3 Å². The Hall–Kier alpha value is -2.49. The fourth-order valence-corrected chi connectivity index (χ4v) is 1.59. The van der Waals surface area contributed by atoms with Crippen molar-refractivity contribution in [2.75, 3.05) is 5.32 Å². The second-order valence-corrected chi connectivity index (χ2v) is 4.06. The Balaban J connectivity index is 2.01. The molecule has 0 aliphatic rings. The minimum atomic E-state index is -0.327. The topological polar surface area (TPSA) is 42.0 Å². The van der Waals surface area contributed by atoms with E-state index in [-0.39, 0.29) is 11.7 Å². The van der Waals surface area contributed by atoms with E-state index >= 15 is 0 Å². The lowest BCUT2D eigenvalue weighted by Crippen LogP contribution is -2.07. The molecule has 0 radical (unpaired) electrons. The first-order valence-corrected chi connectivity index (χ1v) is 5.81. The number of halogens is 1. The van der Waals surface area contributed by atoms with E-state index in [2.05, 4.69) is 10.3 Å². The summed E-state index contributed by atoms with van der Waals surface area (Å²) in [6.07, 6.45) is 4.55. The second-order valence-electron chi connectivity index (χ2n) is 4.06. The Morgan fingerprint density at radius 2 is 2.16 bits per heavy atom. The number of hydrogen-bond donors (Lipinski definition) is 1. The monoisotopic (exact) mass is 256 g/mol. The van der Waals surface area contributed by atoms with Gasteiger partial charge in [-0.05, 0) is 42.8 Å². The molecule has 1 aromatic carbocycles. The number of anilines is 1. The van der Waals surface area contributed by atoms with Gasteiger partial charge in [0.2, 0.25) is 5.91 Å². The molecule has 2 aromatic rings. The number of aryl methyl sites for hydroxylation is 1. The number of rotatable bonds is 3. The summed E-state index contributed by atoms with van der Waals surface area (Å²) in [5.41, 5.74) is 2.15. The van der Waals surface area contributed by atoms with Crippen LogP contribution in [0.25, 0.3) is 6.08 Å². The van der Waals surface area contributed by atoms with Crippen molar-refractivity contribution < 1.29 is 9.18 Å². The highest BCUT2D eigenvalue weighted by atomic mass is 19.1. The van der Waals surface area contributed by atoms with Crippen LogP contribution < -0.4 is 5.32 Å². The predicted molar refractivity (Wildman–Crippen MR) is 73.0 cm³/mol. The highest BCUT2D eigenvalue weighted by Crippen LogP contribution is 2.08. The number of amides is 1. The van der Waals surface area contributed by atoms with Crippen LogP contribution in [-0.2, 0) is 4.79 Å². The molecule has 96 valence electrons. The lowest BCUT2D eigenvalue weighted by molar-refractivity contribution is -0.111. The van der Waals surface area contributed by atoms with E-state index in [0.29, 0.717) is 11.3 Å². The molecule has 0 fully saturated rings. The number of carbonyl (C=O) groups excluding carboxylic acids is 1. The fourth-order valence-electron chi connectivity index (χ4n) is 1.59. The Bertz CT molecular complexity index is 623. The van der Waals surface area contributed by atoms with Gasteiger partial charge in [0.1, 0.15) is 5.82 Å². The maximum Gasteiger partial charge on any atom is 0.248 e. The summed E-state index contributed by atoms with van der Waals surface area (Å²) in [5, 5.41) is 2.71. The number of hydrogen-bond acceptors (Lipinski definition) is 2. The first-order chi connectivity index (χ1) is 9.13. The van der Waals surface area contributed by atoms with Gasteiger partial charge < -0.3 is 5.32 Å². The quantitative estimate of drug-likeness (QED) is 0.857. The summed E-state index contributed by atoms with van der Waals surface area (Å²) in [6.45, 7) is 1.85. The average Bonchev–Trinajstić information content (AvgIpc) is 2.36. The molecule has 1 aromatic heterocycles. The zero-order valence-electron chi connectivity index (χ0n) is 10.4. The number of nitrogens with one attached hydrogen (secondary N) is 1. The van der Waals surface area contributed by atoms with Gasteiger partial charge >= 0.3 is 0 Å². The van der Waals surface area contributed by atoms with Crippen LogP contribution in [0.15, 0.2) is 48.7 Å². The van der Waals surface area contributed by atoms with Crippen molar-refractivity contribution in [2.24, 2.45) is 0 Å². The molecule has 0 saturated carbocycles. The zero-order valence-corrected chi connectivity index (χ0v) is 10.4. The van der Waals surface area contributed by atoms with Crippen LogP contribution in [-0.4, -0.2) is 10.9 Å². The molecular weight excluding hydrogens is 243 g/mol. The van der Waals surface area contributed by atoms with Crippen molar-refractivity contribution in [3.8, 4) is 0 Å². The second kappa shape index (κ2) is 5.91. The summed E-state index contributed by atoms with van der Waals surface area (Å²) in [7, 11) is 0. The lowest BCUT2D eigenvalue weighted by atomic mass is 10.2. The minimum absolute atomic E-state index is 0.269. The van der Waals surface area contributed by atoms with Crippen molar-refractivity contribution in [3.63, 3.8) is 0 Å². The van der Waals surface area contributed by atoms with Crippen LogP contribution in [0.5, 0.6) is 0 Å². The van der Waals surface area contributed by atoms with Crippen LogP contribution in [0.3, 0.4) is 0 Å². The van der Waals surface area contributed by atoms with E-state index in [1.807, 2.05) is 6.92 Å². The van der Waals surface area contributed by atoms with E-state index in [9.17, 15) is 9.18 Å². The van der Waals surface area contributed by atoms with Crippen molar-refractivity contribution in [1.29, 1.82) is 0 Å². The summed E-state index contributed by atoms with van der Waals surface area (Å²) in [5.74, 6) is -0.595. The third-order valence-electron chi connectivity index (χ3n) is 2.44. The number of carbonyl (C=O) groups is 1. The number of aromatic nitrogens is 1. The average molecular weight is 256 g/mol.